The third kappa shape index (κ3) is 2.96. The summed E-state index contributed by atoms with van der Waals surface area (Å²) in [6.45, 7) is 3.78. The van der Waals surface area contributed by atoms with Crippen molar-refractivity contribution < 1.29 is 14.3 Å². The van der Waals surface area contributed by atoms with E-state index in [4.69, 9.17) is 5.11 Å². The van der Waals surface area contributed by atoms with Crippen molar-refractivity contribution in [2.45, 2.75) is 13.8 Å². The van der Waals surface area contributed by atoms with E-state index in [9.17, 15) is 9.18 Å². The minimum absolute atomic E-state index is 0.196. The van der Waals surface area contributed by atoms with E-state index in [1.54, 1.807) is 18.3 Å². The Morgan fingerprint density at radius 1 is 1.04 bits per heavy atom. The number of hydrogen-bond acceptors (Lipinski definition) is 3. The van der Waals surface area contributed by atoms with Crippen LogP contribution in [0.2, 0.25) is 0 Å². The lowest BCUT2D eigenvalue weighted by atomic mass is 9.99. The van der Waals surface area contributed by atoms with Gasteiger partial charge in [-0.05, 0) is 49.1 Å². The molecular formula is C17H14FN3O2. The largest absolute Gasteiger partial charge is 0.465 e. The summed E-state index contributed by atoms with van der Waals surface area (Å²) in [5.74, 6) is -0.173. The SMILES string of the molecule is Cc1cc(C)c(-c2cc3cc(NC(=O)O)ncc3cc2F)cn1. The first-order valence-electron chi connectivity index (χ1n) is 6.97. The molecule has 1 amide bonds. The first-order valence-corrected chi connectivity index (χ1v) is 6.97. The Labute approximate surface area is 131 Å². The van der Waals surface area contributed by atoms with Crippen LogP contribution >= 0.6 is 0 Å². The molecule has 6 heteroatoms. The van der Waals surface area contributed by atoms with Crippen molar-refractivity contribution in [1.82, 2.24) is 9.97 Å². The molecular weight excluding hydrogens is 297 g/mol. The highest BCUT2D eigenvalue weighted by molar-refractivity contribution is 5.91. The third-order valence-electron chi connectivity index (χ3n) is 3.58. The van der Waals surface area contributed by atoms with Crippen LogP contribution < -0.4 is 5.32 Å². The molecule has 0 bridgehead atoms. The molecule has 0 atom stereocenters. The number of nitrogens with zero attached hydrogens (tertiary/aromatic N) is 2. The lowest BCUT2D eigenvalue weighted by Gasteiger charge is -2.10. The molecule has 5 nitrogen and oxygen atoms in total. The van der Waals surface area contributed by atoms with Crippen LogP contribution in [-0.4, -0.2) is 21.2 Å². The van der Waals surface area contributed by atoms with E-state index in [1.165, 1.54) is 12.3 Å². The standard InChI is InChI=1S/C17H14FN3O2/c1-9-3-10(2)19-8-14(9)13-4-11-6-16(21-17(22)23)20-7-12(11)5-15(13)18/h3-8H,1-2H3,(H,20,21)(H,22,23). The number of rotatable bonds is 2. The van der Waals surface area contributed by atoms with Gasteiger partial charge < -0.3 is 5.11 Å². The maximum absolute atomic E-state index is 14.4. The van der Waals surface area contributed by atoms with E-state index < -0.39 is 6.09 Å². The molecule has 2 heterocycles. The van der Waals surface area contributed by atoms with Gasteiger partial charge in [-0.15, -0.1) is 0 Å². The second-order valence-electron chi connectivity index (χ2n) is 5.32. The monoisotopic (exact) mass is 311 g/mol. The van der Waals surface area contributed by atoms with Gasteiger partial charge in [-0.2, -0.15) is 0 Å². The van der Waals surface area contributed by atoms with Gasteiger partial charge in [0.15, 0.2) is 0 Å². The van der Waals surface area contributed by atoms with E-state index in [0.717, 1.165) is 11.3 Å². The summed E-state index contributed by atoms with van der Waals surface area (Å²) in [5.41, 5.74) is 2.92. The third-order valence-corrected chi connectivity index (χ3v) is 3.58. The number of aryl methyl sites for hydroxylation is 2. The molecule has 3 aromatic rings. The average Bonchev–Trinajstić information content (AvgIpc) is 2.47. The fourth-order valence-corrected chi connectivity index (χ4v) is 2.53. The second kappa shape index (κ2) is 5.64. The zero-order valence-electron chi connectivity index (χ0n) is 12.6. The molecule has 23 heavy (non-hydrogen) atoms. The Bertz CT molecular complexity index is 925. The normalized spacial score (nSPS) is 10.7. The highest BCUT2D eigenvalue weighted by atomic mass is 19.1. The summed E-state index contributed by atoms with van der Waals surface area (Å²) in [7, 11) is 0. The van der Waals surface area contributed by atoms with E-state index in [1.807, 2.05) is 19.9 Å². The minimum Gasteiger partial charge on any atom is -0.465 e. The highest BCUT2D eigenvalue weighted by Crippen LogP contribution is 2.30. The van der Waals surface area contributed by atoms with E-state index in [2.05, 4.69) is 15.3 Å². The molecule has 116 valence electrons. The van der Waals surface area contributed by atoms with Crippen LogP contribution in [0.5, 0.6) is 0 Å². The summed E-state index contributed by atoms with van der Waals surface area (Å²) < 4.78 is 14.4. The molecule has 3 rings (SSSR count). The molecule has 2 N–H and O–H groups in total. The van der Waals surface area contributed by atoms with Gasteiger partial charge in [0.1, 0.15) is 11.6 Å². The molecule has 1 aromatic carbocycles. The zero-order chi connectivity index (χ0) is 16.6. The number of aromatic nitrogens is 2. The summed E-state index contributed by atoms with van der Waals surface area (Å²) in [5, 5.41) is 12.2. The van der Waals surface area contributed by atoms with Crippen molar-refractivity contribution >= 4 is 22.7 Å². The number of halogens is 1. The average molecular weight is 311 g/mol. The maximum atomic E-state index is 14.4. The van der Waals surface area contributed by atoms with E-state index >= 15 is 0 Å². The second-order valence-corrected chi connectivity index (χ2v) is 5.32. The molecule has 0 aliphatic heterocycles. The fourth-order valence-electron chi connectivity index (χ4n) is 2.53. The van der Waals surface area contributed by atoms with Crippen LogP contribution in [0.1, 0.15) is 11.3 Å². The maximum Gasteiger partial charge on any atom is 0.410 e. The van der Waals surface area contributed by atoms with Gasteiger partial charge in [0.25, 0.3) is 0 Å². The Morgan fingerprint density at radius 3 is 2.52 bits per heavy atom. The van der Waals surface area contributed by atoms with Crippen LogP contribution in [-0.2, 0) is 0 Å². The molecule has 0 unspecified atom stereocenters. The number of carbonyl (C=O) groups is 1. The van der Waals surface area contributed by atoms with Crippen LogP contribution in [0.3, 0.4) is 0 Å². The Morgan fingerprint density at radius 2 is 1.83 bits per heavy atom. The van der Waals surface area contributed by atoms with E-state index in [-0.39, 0.29) is 11.6 Å². The number of anilines is 1. The van der Waals surface area contributed by atoms with Gasteiger partial charge >= 0.3 is 6.09 Å². The van der Waals surface area contributed by atoms with Crippen molar-refractivity contribution in [3.63, 3.8) is 0 Å². The lowest BCUT2D eigenvalue weighted by molar-refractivity contribution is 0.209. The Hall–Kier alpha value is -3.02. The van der Waals surface area contributed by atoms with Crippen molar-refractivity contribution in [3.8, 4) is 11.1 Å². The minimum atomic E-state index is -1.20. The molecule has 2 aromatic heterocycles. The van der Waals surface area contributed by atoms with E-state index in [0.29, 0.717) is 21.9 Å². The lowest BCUT2D eigenvalue weighted by Crippen LogP contribution is -2.08. The van der Waals surface area contributed by atoms with Crippen LogP contribution in [0.4, 0.5) is 15.0 Å². The van der Waals surface area contributed by atoms with Gasteiger partial charge in [0.05, 0.1) is 0 Å². The molecule has 0 saturated heterocycles. The molecule has 0 saturated carbocycles. The summed E-state index contributed by atoms with van der Waals surface area (Å²) in [4.78, 5) is 18.9. The number of benzene rings is 1. The molecule has 0 aliphatic carbocycles. The molecule has 0 radical (unpaired) electrons. The Balaban J connectivity index is 2.16. The highest BCUT2D eigenvalue weighted by Gasteiger charge is 2.11. The van der Waals surface area contributed by atoms with Gasteiger partial charge in [0, 0.05) is 34.6 Å². The smallest absolute Gasteiger partial charge is 0.410 e. The molecule has 0 spiro atoms. The van der Waals surface area contributed by atoms with Crippen molar-refractivity contribution in [1.29, 1.82) is 0 Å². The van der Waals surface area contributed by atoms with Gasteiger partial charge in [-0.1, -0.05) is 0 Å². The number of nitrogens with one attached hydrogen (secondary N) is 1. The van der Waals surface area contributed by atoms with Crippen LogP contribution in [0.25, 0.3) is 21.9 Å². The molecule has 0 aliphatic rings. The van der Waals surface area contributed by atoms with Gasteiger partial charge in [-0.25, -0.2) is 14.2 Å². The number of carboxylic acid groups (broad SMARTS) is 1. The first kappa shape index (κ1) is 14.9. The molecule has 0 fully saturated rings. The predicted molar refractivity (Wildman–Crippen MR) is 86.1 cm³/mol. The number of fused-ring (bicyclic) bond motifs is 1. The number of pyridine rings is 2. The van der Waals surface area contributed by atoms with Crippen molar-refractivity contribution in [2.75, 3.05) is 5.32 Å². The van der Waals surface area contributed by atoms with Crippen LogP contribution in [0.15, 0.2) is 36.7 Å². The summed E-state index contributed by atoms with van der Waals surface area (Å²) >= 11 is 0. The first-order chi connectivity index (χ1) is 10.9. The quantitative estimate of drug-likeness (QED) is 0.745. The zero-order valence-corrected chi connectivity index (χ0v) is 12.6. The van der Waals surface area contributed by atoms with Gasteiger partial charge in [-0.3, -0.25) is 10.3 Å². The van der Waals surface area contributed by atoms with Gasteiger partial charge in [0.2, 0.25) is 0 Å². The fraction of sp³-hybridized carbons (Fsp3) is 0.118. The van der Waals surface area contributed by atoms with Crippen molar-refractivity contribution in [2.24, 2.45) is 0 Å². The summed E-state index contributed by atoms with van der Waals surface area (Å²) in [6.07, 6.45) is 1.89. The van der Waals surface area contributed by atoms with Crippen molar-refractivity contribution in [3.05, 3.63) is 53.7 Å². The number of amides is 1. The number of hydrogen-bond donors (Lipinski definition) is 2. The topological polar surface area (TPSA) is 75.1 Å². The van der Waals surface area contributed by atoms with Crippen LogP contribution in [0, 0.1) is 19.7 Å². The summed E-state index contributed by atoms with van der Waals surface area (Å²) in [6, 6.07) is 6.53. The Kier molecular flexibility index (Phi) is 3.65. The predicted octanol–water partition coefficient (Wildman–Crippen LogP) is 4.14.